The van der Waals surface area contributed by atoms with Crippen LogP contribution in [0.25, 0.3) is 0 Å². The molecule has 0 saturated heterocycles. The van der Waals surface area contributed by atoms with Crippen LogP contribution in [0.15, 0.2) is 17.0 Å². The third-order valence-electron chi connectivity index (χ3n) is 2.69. The topological polar surface area (TPSA) is 49.4 Å². The fraction of sp³-hybridized carbons (Fsp3) is 0.500. The van der Waals surface area contributed by atoms with Gasteiger partial charge >= 0.3 is 0 Å². The van der Waals surface area contributed by atoms with Crippen molar-refractivity contribution in [2.24, 2.45) is 0 Å². The van der Waals surface area contributed by atoms with Crippen molar-refractivity contribution in [3.63, 3.8) is 0 Å². The molecule has 0 atom stereocenters. The standard InChI is InChI=1S/C12H18ClFN2O2S/c1-4-5-16(3)19(17,18)10-6-9(8-15-2)12(13)11(14)7-10/h6-7,15H,4-5,8H2,1-3H3. The van der Waals surface area contributed by atoms with Crippen molar-refractivity contribution < 1.29 is 12.8 Å². The van der Waals surface area contributed by atoms with Crippen molar-refractivity contribution in [3.05, 3.63) is 28.5 Å². The quantitative estimate of drug-likeness (QED) is 0.877. The van der Waals surface area contributed by atoms with Crippen molar-refractivity contribution >= 4 is 21.6 Å². The number of nitrogens with one attached hydrogen (secondary N) is 1. The molecule has 0 aromatic heterocycles. The van der Waals surface area contributed by atoms with Crippen molar-refractivity contribution in [1.29, 1.82) is 0 Å². The predicted octanol–water partition coefficient (Wildman–Crippen LogP) is 2.23. The third kappa shape index (κ3) is 3.66. The smallest absolute Gasteiger partial charge is 0.242 e. The van der Waals surface area contributed by atoms with E-state index in [-0.39, 0.29) is 9.92 Å². The Morgan fingerprint density at radius 3 is 2.58 bits per heavy atom. The molecule has 1 rings (SSSR count). The van der Waals surface area contributed by atoms with Gasteiger partial charge in [0.15, 0.2) is 0 Å². The molecule has 0 aliphatic heterocycles. The van der Waals surface area contributed by atoms with E-state index in [2.05, 4.69) is 5.32 Å². The lowest BCUT2D eigenvalue weighted by Crippen LogP contribution is -2.28. The average molecular weight is 309 g/mol. The SMILES string of the molecule is CCCN(C)S(=O)(=O)c1cc(F)c(Cl)c(CNC)c1. The Kier molecular flexibility index (Phi) is 5.73. The fourth-order valence-corrected chi connectivity index (χ4v) is 3.20. The summed E-state index contributed by atoms with van der Waals surface area (Å²) in [5, 5.41) is 2.78. The van der Waals surface area contributed by atoms with Gasteiger partial charge in [-0.15, -0.1) is 0 Å². The van der Waals surface area contributed by atoms with Gasteiger partial charge in [0.1, 0.15) is 5.82 Å². The minimum Gasteiger partial charge on any atom is -0.316 e. The molecule has 0 aliphatic carbocycles. The second kappa shape index (κ2) is 6.65. The zero-order chi connectivity index (χ0) is 14.6. The van der Waals surface area contributed by atoms with Gasteiger partial charge in [0.2, 0.25) is 10.0 Å². The van der Waals surface area contributed by atoms with Gasteiger partial charge in [-0.25, -0.2) is 17.1 Å². The summed E-state index contributed by atoms with van der Waals surface area (Å²) in [6.07, 6.45) is 0.690. The van der Waals surface area contributed by atoms with Crippen LogP contribution in [0.3, 0.4) is 0 Å². The summed E-state index contributed by atoms with van der Waals surface area (Å²) in [4.78, 5) is -0.0735. The van der Waals surface area contributed by atoms with Crippen molar-refractivity contribution in [2.45, 2.75) is 24.8 Å². The number of rotatable bonds is 6. The normalized spacial score (nSPS) is 12.1. The van der Waals surface area contributed by atoms with Crippen molar-refractivity contribution in [1.82, 2.24) is 9.62 Å². The van der Waals surface area contributed by atoms with Crippen LogP contribution in [-0.4, -0.2) is 33.4 Å². The Balaban J connectivity index is 3.28. The highest BCUT2D eigenvalue weighted by Gasteiger charge is 2.22. The Morgan fingerprint density at radius 2 is 2.05 bits per heavy atom. The first-order valence-corrected chi connectivity index (χ1v) is 7.75. The molecule has 0 fully saturated rings. The molecule has 1 N–H and O–H groups in total. The van der Waals surface area contributed by atoms with Crippen molar-refractivity contribution in [3.8, 4) is 0 Å². The maximum atomic E-state index is 13.7. The predicted molar refractivity (Wildman–Crippen MR) is 74.3 cm³/mol. The lowest BCUT2D eigenvalue weighted by molar-refractivity contribution is 0.467. The molecule has 0 heterocycles. The molecule has 0 amide bonds. The summed E-state index contributed by atoms with van der Waals surface area (Å²) < 4.78 is 39.4. The van der Waals surface area contributed by atoms with E-state index >= 15 is 0 Å². The molecule has 0 bridgehead atoms. The van der Waals surface area contributed by atoms with Gasteiger partial charge < -0.3 is 5.32 Å². The van der Waals surface area contributed by atoms with Crippen LogP contribution < -0.4 is 5.32 Å². The minimum absolute atomic E-state index is 0.0496. The lowest BCUT2D eigenvalue weighted by atomic mass is 10.2. The third-order valence-corrected chi connectivity index (χ3v) is 4.95. The Hall–Kier alpha value is -0.690. The number of benzene rings is 1. The summed E-state index contributed by atoms with van der Waals surface area (Å²) in [7, 11) is -0.520. The highest BCUT2D eigenvalue weighted by molar-refractivity contribution is 7.89. The molecule has 0 spiro atoms. The van der Waals surface area contributed by atoms with E-state index < -0.39 is 15.8 Å². The fourth-order valence-electron chi connectivity index (χ4n) is 1.70. The minimum atomic E-state index is -3.67. The zero-order valence-electron chi connectivity index (χ0n) is 11.2. The largest absolute Gasteiger partial charge is 0.316 e. The molecule has 0 saturated carbocycles. The molecule has 7 heteroatoms. The highest BCUT2D eigenvalue weighted by Crippen LogP contribution is 2.25. The van der Waals surface area contributed by atoms with E-state index in [1.165, 1.54) is 17.4 Å². The lowest BCUT2D eigenvalue weighted by Gasteiger charge is -2.17. The Labute approximate surface area is 118 Å². The molecule has 1 aromatic rings. The maximum absolute atomic E-state index is 13.7. The van der Waals surface area contributed by atoms with Crippen LogP contribution in [0.5, 0.6) is 0 Å². The molecule has 0 unspecified atom stereocenters. The van der Waals surface area contributed by atoms with Gasteiger partial charge in [-0.1, -0.05) is 18.5 Å². The van der Waals surface area contributed by atoms with Crippen molar-refractivity contribution in [2.75, 3.05) is 20.6 Å². The monoisotopic (exact) mass is 308 g/mol. The molecule has 0 aliphatic rings. The van der Waals surface area contributed by atoms with Crippen LogP contribution in [-0.2, 0) is 16.6 Å². The van der Waals surface area contributed by atoms with E-state index in [1.807, 2.05) is 6.92 Å². The van der Waals surface area contributed by atoms with E-state index in [9.17, 15) is 12.8 Å². The first-order valence-electron chi connectivity index (χ1n) is 5.93. The second-order valence-electron chi connectivity index (χ2n) is 4.24. The number of halogens is 2. The van der Waals surface area contributed by atoms with Crippen LogP contribution in [0.2, 0.25) is 5.02 Å². The zero-order valence-corrected chi connectivity index (χ0v) is 12.8. The second-order valence-corrected chi connectivity index (χ2v) is 6.66. The molecular weight excluding hydrogens is 291 g/mol. The number of hydrogen-bond acceptors (Lipinski definition) is 3. The maximum Gasteiger partial charge on any atom is 0.242 e. The summed E-state index contributed by atoms with van der Waals surface area (Å²) >= 11 is 5.81. The number of sulfonamides is 1. The van der Waals surface area contributed by atoms with Gasteiger partial charge in [-0.2, -0.15) is 0 Å². The molecule has 1 aromatic carbocycles. The summed E-state index contributed by atoms with van der Waals surface area (Å²) in [6.45, 7) is 2.56. The van der Waals surface area contributed by atoms with Gasteiger partial charge in [0.05, 0.1) is 9.92 Å². The van der Waals surface area contributed by atoms with E-state index in [4.69, 9.17) is 11.6 Å². The summed E-state index contributed by atoms with van der Waals surface area (Å²) in [5.74, 6) is -0.724. The highest BCUT2D eigenvalue weighted by atomic mass is 35.5. The molecule has 4 nitrogen and oxygen atoms in total. The van der Waals surface area contributed by atoms with Gasteiger partial charge in [-0.3, -0.25) is 0 Å². The average Bonchev–Trinajstić information content (AvgIpc) is 2.35. The molecule has 108 valence electrons. The van der Waals surface area contributed by atoms with Gasteiger partial charge in [-0.05, 0) is 31.2 Å². The summed E-state index contributed by atoms with van der Waals surface area (Å²) in [5.41, 5.74) is 0.424. The first-order chi connectivity index (χ1) is 8.84. The molecule has 19 heavy (non-hydrogen) atoms. The van der Waals surface area contributed by atoms with E-state index in [0.29, 0.717) is 25.1 Å². The van der Waals surface area contributed by atoms with Crippen LogP contribution in [0.4, 0.5) is 4.39 Å². The first kappa shape index (κ1) is 16.4. The van der Waals surface area contributed by atoms with Crippen LogP contribution >= 0.6 is 11.6 Å². The molecular formula is C12H18ClFN2O2S. The Morgan fingerprint density at radius 1 is 1.42 bits per heavy atom. The summed E-state index contributed by atoms with van der Waals surface area (Å²) in [6, 6.07) is 2.37. The number of hydrogen-bond donors (Lipinski definition) is 1. The van der Waals surface area contributed by atoms with E-state index in [1.54, 1.807) is 7.05 Å². The van der Waals surface area contributed by atoms with Crippen LogP contribution in [0, 0.1) is 5.82 Å². The number of nitrogens with zero attached hydrogens (tertiary/aromatic N) is 1. The Bertz CT molecular complexity index is 549. The van der Waals surface area contributed by atoms with Gasteiger partial charge in [0, 0.05) is 20.1 Å². The molecule has 0 radical (unpaired) electrons. The van der Waals surface area contributed by atoms with Gasteiger partial charge in [0.25, 0.3) is 0 Å². The van der Waals surface area contributed by atoms with Crippen LogP contribution in [0.1, 0.15) is 18.9 Å². The van der Waals surface area contributed by atoms with E-state index in [0.717, 1.165) is 6.07 Å².